The molecule has 0 aliphatic carbocycles. The predicted octanol–water partition coefficient (Wildman–Crippen LogP) is 2.60. The summed E-state index contributed by atoms with van der Waals surface area (Å²) in [6.07, 6.45) is 1.33. The Morgan fingerprint density at radius 1 is 1.07 bits per heavy atom. The smallest absolute Gasteiger partial charge is 0.344 e. The van der Waals surface area contributed by atoms with Gasteiger partial charge in [-0.3, -0.25) is 14.9 Å². The van der Waals surface area contributed by atoms with Gasteiger partial charge < -0.3 is 9.47 Å². The highest BCUT2D eigenvalue weighted by Gasteiger charge is 2.36. The van der Waals surface area contributed by atoms with Gasteiger partial charge >= 0.3 is 12.0 Å². The number of esters is 1. The molecule has 1 N–H and O–H groups in total. The Morgan fingerprint density at radius 3 is 2.47 bits per heavy atom. The molecule has 30 heavy (non-hydrogen) atoms. The van der Waals surface area contributed by atoms with Gasteiger partial charge in [0.25, 0.3) is 11.8 Å². The van der Waals surface area contributed by atoms with Gasteiger partial charge in [0.1, 0.15) is 11.3 Å². The van der Waals surface area contributed by atoms with Crippen LogP contribution in [0.4, 0.5) is 10.5 Å². The molecule has 0 radical (unpaired) electrons. The number of anilines is 1. The first-order chi connectivity index (χ1) is 14.4. The lowest BCUT2D eigenvalue weighted by Gasteiger charge is -2.26. The minimum atomic E-state index is -0.821. The fourth-order valence-electron chi connectivity index (χ4n) is 2.81. The number of carbonyl (C=O) groups is 4. The van der Waals surface area contributed by atoms with Gasteiger partial charge in [-0.2, -0.15) is 0 Å². The first-order valence-electron chi connectivity index (χ1n) is 9.26. The number of amides is 4. The van der Waals surface area contributed by atoms with Crippen LogP contribution in [0.2, 0.25) is 0 Å². The average Bonchev–Trinajstić information content (AvgIpc) is 2.72. The number of benzene rings is 2. The normalized spacial score (nSPS) is 15.2. The summed E-state index contributed by atoms with van der Waals surface area (Å²) in [4.78, 5) is 50.0. The highest BCUT2D eigenvalue weighted by Crippen LogP contribution is 2.25. The van der Waals surface area contributed by atoms with Gasteiger partial charge in [0.05, 0.1) is 12.3 Å². The molecule has 0 bridgehead atoms. The summed E-state index contributed by atoms with van der Waals surface area (Å²) >= 11 is 0. The molecule has 4 amide bonds. The van der Waals surface area contributed by atoms with E-state index >= 15 is 0 Å². The number of carbonyl (C=O) groups excluding carboxylic acids is 4. The van der Waals surface area contributed by atoms with E-state index in [0.717, 1.165) is 10.5 Å². The van der Waals surface area contributed by atoms with Crippen molar-refractivity contribution in [2.75, 3.05) is 18.1 Å². The third-order valence-electron chi connectivity index (χ3n) is 4.26. The molecule has 1 aliphatic heterocycles. The van der Waals surface area contributed by atoms with E-state index in [1.807, 2.05) is 6.92 Å². The van der Waals surface area contributed by atoms with Crippen LogP contribution in [-0.2, 0) is 19.1 Å². The minimum Gasteiger partial charge on any atom is -0.481 e. The number of para-hydroxylation sites is 1. The van der Waals surface area contributed by atoms with Crippen molar-refractivity contribution in [3.8, 4) is 5.75 Å². The van der Waals surface area contributed by atoms with Crippen molar-refractivity contribution in [2.45, 2.75) is 13.8 Å². The molecule has 3 rings (SSSR count). The Bertz CT molecular complexity index is 1030. The number of nitrogens with zero attached hydrogens (tertiary/aromatic N) is 1. The minimum absolute atomic E-state index is 0.228. The fraction of sp³-hybridized carbons (Fsp3) is 0.182. The summed E-state index contributed by atoms with van der Waals surface area (Å²) in [6, 6.07) is 12.5. The topological polar surface area (TPSA) is 102 Å². The molecule has 1 aliphatic rings. The number of urea groups is 1. The number of hydrogen-bond donors (Lipinski definition) is 1. The number of ether oxygens (including phenoxy) is 2. The van der Waals surface area contributed by atoms with Crippen LogP contribution in [0.5, 0.6) is 5.75 Å². The Labute approximate surface area is 173 Å². The molecule has 8 nitrogen and oxygen atoms in total. The number of barbiturate groups is 1. The summed E-state index contributed by atoms with van der Waals surface area (Å²) in [5.41, 5.74) is 1.47. The molecule has 8 heteroatoms. The predicted molar refractivity (Wildman–Crippen MR) is 109 cm³/mol. The van der Waals surface area contributed by atoms with E-state index in [0.29, 0.717) is 11.3 Å². The van der Waals surface area contributed by atoms with Crippen molar-refractivity contribution in [2.24, 2.45) is 0 Å². The molecule has 2 aromatic carbocycles. The number of rotatable bonds is 6. The standard InChI is InChI=1S/C22H20N2O6/c1-3-29-19(25)13-30-18-7-5-4-6-15(18)12-17-20(26)23-22(28)24(21(17)27)16-10-8-14(2)9-11-16/h4-12H,3,13H2,1-2H3,(H,23,26,28)/b17-12+. The van der Waals surface area contributed by atoms with Gasteiger partial charge in [-0.15, -0.1) is 0 Å². The van der Waals surface area contributed by atoms with Crippen LogP contribution >= 0.6 is 0 Å². The Balaban J connectivity index is 1.91. The van der Waals surface area contributed by atoms with Crippen molar-refractivity contribution in [1.29, 1.82) is 0 Å². The summed E-state index contributed by atoms with van der Waals surface area (Å²) in [5.74, 6) is -1.82. The van der Waals surface area contributed by atoms with Crippen molar-refractivity contribution in [1.82, 2.24) is 5.32 Å². The number of aryl methyl sites for hydroxylation is 1. The second-order valence-electron chi connectivity index (χ2n) is 6.42. The molecular weight excluding hydrogens is 388 g/mol. The van der Waals surface area contributed by atoms with Gasteiger partial charge in [-0.1, -0.05) is 35.9 Å². The summed E-state index contributed by atoms with van der Waals surface area (Å²) in [6.45, 7) is 3.47. The van der Waals surface area contributed by atoms with Crippen LogP contribution in [0.25, 0.3) is 6.08 Å². The van der Waals surface area contributed by atoms with E-state index in [9.17, 15) is 19.2 Å². The van der Waals surface area contributed by atoms with Crippen LogP contribution in [-0.4, -0.2) is 37.0 Å². The zero-order chi connectivity index (χ0) is 21.7. The van der Waals surface area contributed by atoms with E-state index in [4.69, 9.17) is 9.47 Å². The van der Waals surface area contributed by atoms with E-state index in [1.54, 1.807) is 55.5 Å². The summed E-state index contributed by atoms with van der Waals surface area (Å²) < 4.78 is 10.3. The maximum atomic E-state index is 13.0. The van der Waals surface area contributed by atoms with Gasteiger partial charge in [0, 0.05) is 5.56 Å². The first kappa shape index (κ1) is 20.8. The molecule has 1 fully saturated rings. The maximum absolute atomic E-state index is 13.0. The zero-order valence-corrected chi connectivity index (χ0v) is 16.5. The summed E-state index contributed by atoms with van der Waals surface area (Å²) in [7, 11) is 0. The lowest BCUT2D eigenvalue weighted by molar-refractivity contribution is -0.145. The number of hydrogen-bond acceptors (Lipinski definition) is 6. The van der Waals surface area contributed by atoms with Gasteiger partial charge in [0.15, 0.2) is 6.61 Å². The fourth-order valence-corrected chi connectivity index (χ4v) is 2.81. The monoisotopic (exact) mass is 408 g/mol. The van der Waals surface area contributed by atoms with Crippen molar-refractivity contribution >= 4 is 35.6 Å². The van der Waals surface area contributed by atoms with Crippen LogP contribution in [0.3, 0.4) is 0 Å². The lowest BCUT2D eigenvalue weighted by atomic mass is 10.1. The van der Waals surface area contributed by atoms with Crippen LogP contribution in [0, 0.1) is 6.92 Å². The van der Waals surface area contributed by atoms with E-state index < -0.39 is 23.8 Å². The SMILES string of the molecule is CCOC(=O)COc1ccccc1/C=C1\C(=O)NC(=O)N(c2ccc(C)cc2)C1=O. The summed E-state index contributed by atoms with van der Waals surface area (Å²) in [5, 5.41) is 2.17. The molecule has 0 saturated carbocycles. The van der Waals surface area contributed by atoms with Crippen molar-refractivity contribution in [3.63, 3.8) is 0 Å². The third-order valence-corrected chi connectivity index (χ3v) is 4.26. The highest BCUT2D eigenvalue weighted by atomic mass is 16.6. The second kappa shape index (κ2) is 9.04. The second-order valence-corrected chi connectivity index (χ2v) is 6.42. The molecule has 1 heterocycles. The quantitative estimate of drug-likeness (QED) is 0.448. The van der Waals surface area contributed by atoms with Crippen LogP contribution in [0.1, 0.15) is 18.1 Å². The maximum Gasteiger partial charge on any atom is 0.344 e. The molecule has 1 saturated heterocycles. The van der Waals surface area contributed by atoms with Crippen molar-refractivity contribution < 1.29 is 28.7 Å². The Kier molecular flexibility index (Phi) is 6.26. The number of nitrogens with one attached hydrogen (secondary N) is 1. The first-order valence-corrected chi connectivity index (χ1v) is 9.26. The van der Waals surface area contributed by atoms with E-state index in [2.05, 4.69) is 5.32 Å². The van der Waals surface area contributed by atoms with Gasteiger partial charge in [-0.25, -0.2) is 14.5 Å². The van der Waals surface area contributed by atoms with Gasteiger partial charge in [-0.05, 0) is 38.1 Å². The Hall–Kier alpha value is -3.94. The molecule has 2 aromatic rings. The van der Waals surface area contributed by atoms with Crippen molar-refractivity contribution in [3.05, 3.63) is 65.2 Å². The molecular formula is C22H20N2O6. The molecule has 0 unspecified atom stereocenters. The van der Waals surface area contributed by atoms with Gasteiger partial charge in [0.2, 0.25) is 0 Å². The zero-order valence-electron chi connectivity index (χ0n) is 16.5. The molecule has 0 atom stereocenters. The average molecular weight is 408 g/mol. The highest BCUT2D eigenvalue weighted by molar-refractivity contribution is 6.39. The molecule has 154 valence electrons. The molecule has 0 spiro atoms. The van der Waals surface area contributed by atoms with Crippen LogP contribution < -0.4 is 15.0 Å². The van der Waals surface area contributed by atoms with Crippen LogP contribution in [0.15, 0.2) is 54.1 Å². The lowest BCUT2D eigenvalue weighted by Crippen LogP contribution is -2.54. The Morgan fingerprint density at radius 2 is 1.77 bits per heavy atom. The third kappa shape index (κ3) is 4.54. The largest absolute Gasteiger partial charge is 0.481 e. The van der Waals surface area contributed by atoms with E-state index in [1.165, 1.54) is 6.08 Å². The number of imide groups is 2. The van der Waals surface area contributed by atoms with E-state index in [-0.39, 0.29) is 24.5 Å². The molecule has 0 aromatic heterocycles.